The summed E-state index contributed by atoms with van der Waals surface area (Å²) in [6, 6.07) is 23.3. The molecule has 1 atom stereocenters. The fourth-order valence-corrected chi connectivity index (χ4v) is 3.70. The molecule has 1 aliphatic rings. The van der Waals surface area contributed by atoms with Gasteiger partial charge in [0.15, 0.2) is 0 Å². The summed E-state index contributed by atoms with van der Waals surface area (Å²) in [5.74, 6) is 1.58. The van der Waals surface area contributed by atoms with Gasteiger partial charge in [0.1, 0.15) is 11.8 Å². The SMILES string of the molecule is CCCCN(Cc1ccco1)C1=NC(Cc2ccccc2)C(=O)N1c1ccccc1. The summed E-state index contributed by atoms with van der Waals surface area (Å²) in [5, 5.41) is 0. The van der Waals surface area contributed by atoms with Crippen LogP contribution in [0.1, 0.15) is 31.1 Å². The van der Waals surface area contributed by atoms with Crippen molar-refractivity contribution < 1.29 is 9.21 Å². The van der Waals surface area contributed by atoms with Crippen LogP contribution < -0.4 is 4.90 Å². The fourth-order valence-electron chi connectivity index (χ4n) is 3.70. The van der Waals surface area contributed by atoms with Crippen molar-refractivity contribution in [2.45, 2.75) is 38.8 Å². The Morgan fingerprint density at radius 1 is 1.00 bits per heavy atom. The zero-order valence-electron chi connectivity index (χ0n) is 17.3. The van der Waals surface area contributed by atoms with E-state index in [0.717, 1.165) is 36.4 Å². The molecular formula is C25H27N3O2. The van der Waals surface area contributed by atoms with Gasteiger partial charge in [-0.2, -0.15) is 0 Å². The Labute approximate surface area is 177 Å². The number of aliphatic imine (C=N–C) groups is 1. The first-order valence-corrected chi connectivity index (χ1v) is 10.5. The van der Waals surface area contributed by atoms with E-state index in [-0.39, 0.29) is 5.91 Å². The normalized spacial score (nSPS) is 16.0. The van der Waals surface area contributed by atoms with Crippen LogP contribution in [0.5, 0.6) is 0 Å². The molecular weight excluding hydrogens is 374 g/mol. The third kappa shape index (κ3) is 4.46. The average Bonchev–Trinajstić information content (AvgIpc) is 3.40. The monoisotopic (exact) mass is 401 g/mol. The standard InChI is InChI=1S/C25H27N3O2/c1-2-3-16-27(19-22-15-10-17-30-22)25-26-23(18-20-11-6-4-7-12-20)24(29)28(25)21-13-8-5-9-14-21/h4-15,17,23H,2-3,16,18-19H2,1H3. The molecule has 0 spiro atoms. The maximum atomic E-state index is 13.5. The summed E-state index contributed by atoms with van der Waals surface area (Å²) in [4.78, 5) is 22.3. The van der Waals surface area contributed by atoms with Crippen LogP contribution in [0.15, 0.2) is 88.5 Å². The molecule has 1 unspecified atom stereocenters. The molecule has 0 bridgehead atoms. The molecule has 3 aromatic rings. The largest absolute Gasteiger partial charge is 0.467 e. The zero-order valence-corrected chi connectivity index (χ0v) is 17.3. The van der Waals surface area contributed by atoms with E-state index in [1.807, 2.05) is 72.8 Å². The summed E-state index contributed by atoms with van der Waals surface area (Å²) >= 11 is 0. The third-order valence-electron chi connectivity index (χ3n) is 5.25. The molecule has 0 saturated carbocycles. The molecule has 0 saturated heterocycles. The minimum Gasteiger partial charge on any atom is -0.467 e. The van der Waals surface area contributed by atoms with Gasteiger partial charge in [-0.25, -0.2) is 9.89 Å². The first-order valence-electron chi connectivity index (χ1n) is 10.5. The van der Waals surface area contributed by atoms with Gasteiger partial charge >= 0.3 is 0 Å². The number of nitrogens with zero attached hydrogens (tertiary/aromatic N) is 3. The molecule has 1 aliphatic heterocycles. The van der Waals surface area contributed by atoms with Crippen molar-refractivity contribution in [3.8, 4) is 0 Å². The molecule has 1 aromatic heterocycles. The van der Waals surface area contributed by atoms with E-state index >= 15 is 0 Å². The predicted octanol–water partition coefficient (Wildman–Crippen LogP) is 4.90. The van der Waals surface area contributed by atoms with Crippen LogP contribution in [0.2, 0.25) is 0 Å². The maximum absolute atomic E-state index is 13.5. The lowest BCUT2D eigenvalue weighted by Gasteiger charge is -2.29. The molecule has 154 valence electrons. The van der Waals surface area contributed by atoms with E-state index in [4.69, 9.17) is 9.41 Å². The second-order valence-electron chi connectivity index (χ2n) is 7.50. The first kappa shape index (κ1) is 20.0. The highest BCUT2D eigenvalue weighted by molar-refractivity contribution is 6.22. The highest BCUT2D eigenvalue weighted by Crippen LogP contribution is 2.26. The molecule has 0 radical (unpaired) electrons. The maximum Gasteiger partial charge on any atom is 0.259 e. The van der Waals surface area contributed by atoms with Crippen LogP contribution in [-0.4, -0.2) is 29.4 Å². The van der Waals surface area contributed by atoms with Crippen LogP contribution in [0.3, 0.4) is 0 Å². The zero-order chi connectivity index (χ0) is 20.8. The molecule has 2 heterocycles. The summed E-state index contributed by atoms with van der Waals surface area (Å²) in [5.41, 5.74) is 1.96. The van der Waals surface area contributed by atoms with E-state index in [9.17, 15) is 4.79 Å². The quantitative estimate of drug-likeness (QED) is 0.540. The van der Waals surface area contributed by atoms with Gasteiger partial charge in [0, 0.05) is 13.0 Å². The fraction of sp³-hybridized carbons (Fsp3) is 0.280. The molecule has 5 nitrogen and oxygen atoms in total. The molecule has 0 N–H and O–H groups in total. The number of rotatable bonds is 8. The number of carbonyl (C=O) groups is 1. The van der Waals surface area contributed by atoms with Crippen molar-refractivity contribution in [2.24, 2.45) is 4.99 Å². The van der Waals surface area contributed by atoms with Gasteiger partial charge in [0.05, 0.1) is 18.5 Å². The van der Waals surface area contributed by atoms with E-state index in [1.54, 1.807) is 11.2 Å². The van der Waals surface area contributed by atoms with Gasteiger partial charge in [-0.05, 0) is 36.2 Å². The smallest absolute Gasteiger partial charge is 0.259 e. The summed E-state index contributed by atoms with van der Waals surface area (Å²) in [6.45, 7) is 3.56. The Balaban J connectivity index is 1.68. The molecule has 0 fully saturated rings. The van der Waals surface area contributed by atoms with Crippen LogP contribution in [0.4, 0.5) is 5.69 Å². The number of benzene rings is 2. The van der Waals surface area contributed by atoms with Gasteiger partial charge in [-0.15, -0.1) is 0 Å². The summed E-state index contributed by atoms with van der Waals surface area (Å²) < 4.78 is 5.59. The number of anilines is 1. The van der Waals surface area contributed by atoms with Gasteiger partial charge in [0.2, 0.25) is 5.96 Å². The van der Waals surface area contributed by atoms with Crippen LogP contribution in [0.25, 0.3) is 0 Å². The lowest BCUT2D eigenvalue weighted by Crippen LogP contribution is -2.45. The van der Waals surface area contributed by atoms with Gasteiger partial charge in [-0.1, -0.05) is 61.9 Å². The van der Waals surface area contributed by atoms with Crippen molar-refractivity contribution in [3.05, 3.63) is 90.4 Å². The van der Waals surface area contributed by atoms with E-state index in [2.05, 4.69) is 11.8 Å². The van der Waals surface area contributed by atoms with Crippen molar-refractivity contribution in [1.82, 2.24) is 4.90 Å². The predicted molar refractivity (Wildman–Crippen MR) is 119 cm³/mol. The second-order valence-corrected chi connectivity index (χ2v) is 7.50. The minimum absolute atomic E-state index is 0.0148. The Hall–Kier alpha value is -3.34. The van der Waals surface area contributed by atoms with Crippen molar-refractivity contribution >= 4 is 17.6 Å². The highest BCUT2D eigenvalue weighted by Gasteiger charge is 2.38. The molecule has 2 aromatic carbocycles. The molecule has 4 rings (SSSR count). The number of furan rings is 1. The van der Waals surface area contributed by atoms with Crippen molar-refractivity contribution in [3.63, 3.8) is 0 Å². The summed E-state index contributed by atoms with van der Waals surface area (Å²) in [6.07, 6.45) is 4.35. The van der Waals surface area contributed by atoms with Crippen LogP contribution >= 0.6 is 0 Å². The van der Waals surface area contributed by atoms with Gasteiger partial charge in [-0.3, -0.25) is 4.79 Å². The molecule has 30 heavy (non-hydrogen) atoms. The lowest BCUT2D eigenvalue weighted by atomic mass is 10.1. The Kier molecular flexibility index (Phi) is 6.28. The van der Waals surface area contributed by atoms with Crippen molar-refractivity contribution in [2.75, 3.05) is 11.4 Å². The topological polar surface area (TPSA) is 49.1 Å². The van der Waals surface area contributed by atoms with E-state index in [1.165, 1.54) is 0 Å². The van der Waals surface area contributed by atoms with Crippen molar-refractivity contribution in [1.29, 1.82) is 0 Å². The van der Waals surface area contributed by atoms with Crippen LogP contribution in [-0.2, 0) is 17.8 Å². The Morgan fingerprint density at radius 2 is 1.73 bits per heavy atom. The number of unbranched alkanes of at least 4 members (excludes halogenated alkanes) is 1. The second kappa shape index (κ2) is 9.44. The summed E-state index contributed by atoms with van der Waals surface area (Å²) in [7, 11) is 0. The van der Waals surface area contributed by atoms with E-state index in [0.29, 0.717) is 18.9 Å². The molecule has 1 amide bonds. The number of amides is 1. The lowest BCUT2D eigenvalue weighted by molar-refractivity contribution is -0.118. The van der Waals surface area contributed by atoms with Gasteiger partial charge < -0.3 is 9.32 Å². The highest BCUT2D eigenvalue weighted by atomic mass is 16.3. The number of hydrogen-bond donors (Lipinski definition) is 0. The Bertz CT molecular complexity index is 968. The van der Waals surface area contributed by atoms with Crippen LogP contribution in [0, 0.1) is 0 Å². The average molecular weight is 402 g/mol. The van der Waals surface area contributed by atoms with Gasteiger partial charge in [0.25, 0.3) is 5.91 Å². The number of guanidine groups is 1. The third-order valence-corrected chi connectivity index (χ3v) is 5.25. The Morgan fingerprint density at radius 3 is 2.40 bits per heavy atom. The minimum atomic E-state index is -0.427. The number of carbonyl (C=O) groups excluding carboxylic acids is 1. The van der Waals surface area contributed by atoms with E-state index < -0.39 is 6.04 Å². The molecule has 0 aliphatic carbocycles. The molecule has 5 heteroatoms. The number of hydrogen-bond acceptors (Lipinski definition) is 4. The first-order chi connectivity index (χ1) is 14.8. The number of para-hydroxylation sites is 1.